The van der Waals surface area contributed by atoms with E-state index < -0.39 is 7.12 Å². The molecule has 0 amide bonds. The Labute approximate surface area is 161 Å². The zero-order valence-electron chi connectivity index (χ0n) is 15.1. The molecule has 0 saturated carbocycles. The summed E-state index contributed by atoms with van der Waals surface area (Å²) in [5, 5.41) is 19.1. The quantitative estimate of drug-likeness (QED) is 0.468. The molecule has 7 nitrogen and oxygen atoms in total. The number of fused-ring (bicyclic) bond motifs is 2. The molecular formula is C20H18BN5O2. The highest BCUT2D eigenvalue weighted by Crippen LogP contribution is 2.32. The molecule has 3 heterocycles. The highest BCUT2D eigenvalue weighted by molar-refractivity contribution is 6.57. The molecule has 3 aromatic heterocycles. The van der Waals surface area contributed by atoms with E-state index in [9.17, 15) is 10.0 Å². The highest BCUT2D eigenvalue weighted by atomic mass is 16.4. The molecule has 0 aliphatic heterocycles. The topological polar surface area (TPSA) is 110 Å². The molecule has 0 atom stereocenters. The number of aryl methyl sites for hydroxylation is 2. The van der Waals surface area contributed by atoms with E-state index in [0.29, 0.717) is 28.4 Å². The molecule has 138 valence electrons. The normalized spacial score (nSPS) is 13.1. The zero-order chi connectivity index (χ0) is 19.3. The number of benzene rings is 1. The Kier molecular flexibility index (Phi) is 3.89. The van der Waals surface area contributed by atoms with Gasteiger partial charge in [-0.1, -0.05) is 6.07 Å². The Hall–Kier alpha value is -3.23. The van der Waals surface area contributed by atoms with Gasteiger partial charge in [-0.15, -0.1) is 0 Å². The maximum absolute atomic E-state index is 9.57. The van der Waals surface area contributed by atoms with Gasteiger partial charge in [-0.2, -0.15) is 0 Å². The Balaban J connectivity index is 1.82. The van der Waals surface area contributed by atoms with Crippen LogP contribution < -0.4 is 11.3 Å². The van der Waals surface area contributed by atoms with Crippen molar-refractivity contribution in [1.29, 1.82) is 0 Å². The first-order valence-corrected chi connectivity index (χ1v) is 9.20. The Morgan fingerprint density at radius 1 is 1.00 bits per heavy atom. The van der Waals surface area contributed by atoms with Crippen LogP contribution in [0.4, 0.5) is 5.82 Å². The van der Waals surface area contributed by atoms with E-state index in [1.54, 1.807) is 18.3 Å². The van der Waals surface area contributed by atoms with Crippen LogP contribution in [0.1, 0.15) is 17.5 Å². The van der Waals surface area contributed by atoms with Gasteiger partial charge in [0.15, 0.2) is 11.5 Å². The summed E-state index contributed by atoms with van der Waals surface area (Å²) >= 11 is 0. The van der Waals surface area contributed by atoms with Crippen molar-refractivity contribution in [3.8, 4) is 17.1 Å². The lowest BCUT2D eigenvalue weighted by molar-refractivity contribution is 0.424. The van der Waals surface area contributed by atoms with E-state index in [-0.39, 0.29) is 5.59 Å². The molecule has 4 N–H and O–H groups in total. The van der Waals surface area contributed by atoms with E-state index in [0.717, 1.165) is 24.9 Å². The van der Waals surface area contributed by atoms with Gasteiger partial charge in [-0.3, -0.25) is 4.57 Å². The minimum atomic E-state index is -1.65. The predicted molar refractivity (Wildman–Crippen MR) is 108 cm³/mol. The zero-order valence-corrected chi connectivity index (χ0v) is 15.1. The first kappa shape index (κ1) is 16.9. The summed E-state index contributed by atoms with van der Waals surface area (Å²) in [5.41, 5.74) is 11.8. The van der Waals surface area contributed by atoms with Crippen molar-refractivity contribution in [2.45, 2.75) is 19.3 Å². The highest BCUT2D eigenvalue weighted by Gasteiger charge is 2.22. The number of hydrogen-bond acceptors (Lipinski definition) is 6. The van der Waals surface area contributed by atoms with Crippen LogP contribution in [0, 0.1) is 0 Å². The van der Waals surface area contributed by atoms with Crippen molar-refractivity contribution >= 4 is 29.7 Å². The van der Waals surface area contributed by atoms with Crippen LogP contribution in [0.15, 0.2) is 48.7 Å². The Morgan fingerprint density at radius 3 is 2.68 bits per heavy atom. The average molecular weight is 371 g/mol. The number of pyridine rings is 2. The third kappa shape index (κ3) is 2.66. The Morgan fingerprint density at radius 2 is 1.86 bits per heavy atom. The van der Waals surface area contributed by atoms with Gasteiger partial charge in [0.1, 0.15) is 11.3 Å². The van der Waals surface area contributed by atoms with Crippen LogP contribution in [0.2, 0.25) is 0 Å². The number of nitrogen functional groups attached to an aromatic ring is 1. The monoisotopic (exact) mass is 371 g/mol. The molecule has 28 heavy (non-hydrogen) atoms. The van der Waals surface area contributed by atoms with Gasteiger partial charge in [-0.05, 0) is 66.8 Å². The lowest BCUT2D eigenvalue weighted by atomic mass is 9.86. The van der Waals surface area contributed by atoms with E-state index in [1.165, 1.54) is 11.1 Å². The van der Waals surface area contributed by atoms with Gasteiger partial charge in [0, 0.05) is 11.9 Å². The van der Waals surface area contributed by atoms with Crippen LogP contribution in [0.5, 0.6) is 0 Å². The number of hydrogen-bond donors (Lipinski definition) is 3. The molecule has 0 bridgehead atoms. The first-order chi connectivity index (χ1) is 13.6. The number of imidazole rings is 1. The lowest BCUT2D eigenvalue weighted by Crippen LogP contribution is -2.32. The number of nitrogens with zero attached hydrogens (tertiary/aromatic N) is 4. The third-order valence-electron chi connectivity index (χ3n) is 5.21. The molecule has 0 fully saturated rings. The van der Waals surface area contributed by atoms with Crippen molar-refractivity contribution in [2.75, 3.05) is 5.73 Å². The summed E-state index contributed by atoms with van der Waals surface area (Å²) in [4.78, 5) is 13.4. The summed E-state index contributed by atoms with van der Waals surface area (Å²) in [7, 11) is -1.65. The predicted octanol–water partition coefficient (Wildman–Crippen LogP) is 1.23. The van der Waals surface area contributed by atoms with Gasteiger partial charge in [0.25, 0.3) is 0 Å². The van der Waals surface area contributed by atoms with E-state index in [1.807, 2.05) is 22.8 Å². The maximum atomic E-state index is 9.57. The second-order valence-electron chi connectivity index (χ2n) is 6.97. The minimum absolute atomic E-state index is 0.167. The smallest absolute Gasteiger partial charge is 0.422 e. The SMILES string of the molecule is Nc1ncccc1-c1nc2ccc(B(O)O)nc2n1-c1ccc2c(c1)CCC2. The fourth-order valence-electron chi connectivity index (χ4n) is 3.84. The molecule has 5 rings (SSSR count). The van der Waals surface area contributed by atoms with Gasteiger partial charge in [0.2, 0.25) is 0 Å². The summed E-state index contributed by atoms with van der Waals surface area (Å²) in [6.07, 6.45) is 4.95. The summed E-state index contributed by atoms with van der Waals surface area (Å²) in [6, 6.07) is 13.3. The molecule has 1 aliphatic carbocycles. The molecular weight excluding hydrogens is 353 g/mol. The molecule has 1 aliphatic rings. The van der Waals surface area contributed by atoms with Crippen LogP contribution in [0.3, 0.4) is 0 Å². The van der Waals surface area contributed by atoms with Gasteiger partial charge in [0.05, 0.1) is 11.2 Å². The van der Waals surface area contributed by atoms with E-state index in [4.69, 9.17) is 10.7 Å². The van der Waals surface area contributed by atoms with E-state index >= 15 is 0 Å². The van der Waals surface area contributed by atoms with Crippen molar-refractivity contribution in [2.24, 2.45) is 0 Å². The maximum Gasteiger partial charge on any atom is 0.508 e. The molecule has 0 saturated heterocycles. The number of anilines is 1. The van der Waals surface area contributed by atoms with E-state index in [2.05, 4.69) is 22.1 Å². The number of nitrogens with two attached hydrogens (primary N) is 1. The lowest BCUT2D eigenvalue weighted by Gasteiger charge is -2.12. The van der Waals surface area contributed by atoms with Crippen molar-refractivity contribution in [3.63, 3.8) is 0 Å². The molecule has 0 spiro atoms. The van der Waals surface area contributed by atoms with Crippen molar-refractivity contribution in [1.82, 2.24) is 19.5 Å². The van der Waals surface area contributed by atoms with Crippen molar-refractivity contribution < 1.29 is 10.0 Å². The van der Waals surface area contributed by atoms with Crippen LogP contribution in [0.25, 0.3) is 28.2 Å². The van der Waals surface area contributed by atoms with Gasteiger partial charge < -0.3 is 15.8 Å². The summed E-state index contributed by atoms with van der Waals surface area (Å²) in [5.74, 6) is 0.998. The van der Waals surface area contributed by atoms with Crippen LogP contribution >= 0.6 is 0 Å². The number of aromatic nitrogens is 4. The summed E-state index contributed by atoms with van der Waals surface area (Å²) < 4.78 is 1.91. The Bertz CT molecular complexity index is 1200. The van der Waals surface area contributed by atoms with Gasteiger partial charge in [-0.25, -0.2) is 15.0 Å². The minimum Gasteiger partial charge on any atom is -0.422 e. The standard InChI is InChI=1S/C20H18BN5O2/c22-18-15(5-2-10-23-18)19-24-16-8-9-17(21(27)28)25-20(16)26(19)14-7-6-12-3-1-4-13(12)11-14/h2,5-11,27-28H,1,3-4H2,(H2,22,23). The van der Waals surface area contributed by atoms with Crippen LogP contribution in [-0.4, -0.2) is 36.7 Å². The molecule has 0 radical (unpaired) electrons. The second-order valence-corrected chi connectivity index (χ2v) is 6.97. The second kappa shape index (κ2) is 6.44. The van der Waals surface area contributed by atoms with Crippen LogP contribution in [-0.2, 0) is 12.8 Å². The third-order valence-corrected chi connectivity index (χ3v) is 5.21. The average Bonchev–Trinajstić information content (AvgIpc) is 3.31. The molecule has 1 aromatic carbocycles. The largest absolute Gasteiger partial charge is 0.508 e. The van der Waals surface area contributed by atoms with Crippen molar-refractivity contribution in [3.05, 3.63) is 59.8 Å². The summed E-state index contributed by atoms with van der Waals surface area (Å²) in [6.45, 7) is 0. The fourth-order valence-corrected chi connectivity index (χ4v) is 3.84. The molecule has 8 heteroatoms. The van der Waals surface area contributed by atoms with Gasteiger partial charge >= 0.3 is 7.12 Å². The fraction of sp³-hybridized carbons (Fsp3) is 0.150. The first-order valence-electron chi connectivity index (χ1n) is 9.20. The number of rotatable bonds is 3. The molecule has 4 aromatic rings. The molecule has 0 unspecified atom stereocenters.